The van der Waals surface area contributed by atoms with E-state index in [1.165, 1.54) is 22.4 Å². The summed E-state index contributed by atoms with van der Waals surface area (Å²) in [5.41, 5.74) is 6.12. The van der Waals surface area contributed by atoms with E-state index < -0.39 is 0 Å². The minimum absolute atomic E-state index is 0.516. The molecule has 2 aromatic rings. The Labute approximate surface area is 115 Å². The van der Waals surface area contributed by atoms with Crippen molar-refractivity contribution in [2.75, 3.05) is 0 Å². The van der Waals surface area contributed by atoms with Gasteiger partial charge in [0.05, 0.1) is 5.69 Å². The highest BCUT2D eigenvalue weighted by atomic mass is 15.3. The first kappa shape index (κ1) is 13.8. The molecular weight excluding hydrogens is 234 g/mol. The summed E-state index contributed by atoms with van der Waals surface area (Å²) in [4.78, 5) is 0. The SMILES string of the molecule is Cc1nn(C)c(C)c1-c1ccc(CNC(C)C)cc1. The van der Waals surface area contributed by atoms with Crippen LogP contribution in [0.5, 0.6) is 0 Å². The monoisotopic (exact) mass is 257 g/mol. The molecule has 0 radical (unpaired) electrons. The Balaban J connectivity index is 2.23. The van der Waals surface area contributed by atoms with Crippen LogP contribution in [0.4, 0.5) is 0 Å². The molecule has 1 N–H and O–H groups in total. The second-order valence-electron chi connectivity index (χ2n) is 5.40. The Morgan fingerprint density at radius 1 is 1.16 bits per heavy atom. The van der Waals surface area contributed by atoms with Crippen LogP contribution >= 0.6 is 0 Å². The normalized spacial score (nSPS) is 11.3. The highest BCUT2D eigenvalue weighted by Crippen LogP contribution is 2.26. The molecule has 0 atom stereocenters. The van der Waals surface area contributed by atoms with Gasteiger partial charge in [0.2, 0.25) is 0 Å². The lowest BCUT2D eigenvalue weighted by molar-refractivity contribution is 0.589. The molecule has 3 heteroatoms. The Morgan fingerprint density at radius 3 is 2.26 bits per heavy atom. The van der Waals surface area contributed by atoms with Gasteiger partial charge >= 0.3 is 0 Å². The van der Waals surface area contributed by atoms with Gasteiger partial charge in [0.1, 0.15) is 0 Å². The van der Waals surface area contributed by atoms with Gasteiger partial charge in [-0.3, -0.25) is 4.68 Å². The lowest BCUT2D eigenvalue weighted by atomic mass is 10.0. The first-order valence-electron chi connectivity index (χ1n) is 6.82. The highest BCUT2D eigenvalue weighted by molar-refractivity contribution is 5.68. The molecular formula is C16H23N3. The smallest absolute Gasteiger partial charge is 0.0674 e. The maximum absolute atomic E-state index is 4.47. The predicted molar refractivity (Wildman–Crippen MR) is 80.1 cm³/mol. The van der Waals surface area contributed by atoms with E-state index in [9.17, 15) is 0 Å². The molecule has 0 aliphatic heterocycles. The first-order valence-corrected chi connectivity index (χ1v) is 6.82. The standard InChI is InChI=1S/C16H23N3/c1-11(2)17-10-14-6-8-15(9-7-14)16-12(3)18-19(5)13(16)4/h6-9,11,17H,10H2,1-5H3. The lowest BCUT2D eigenvalue weighted by Gasteiger charge is -2.09. The van der Waals surface area contributed by atoms with Crippen LogP contribution < -0.4 is 5.32 Å². The van der Waals surface area contributed by atoms with Crippen molar-refractivity contribution in [2.45, 2.75) is 40.3 Å². The largest absolute Gasteiger partial charge is 0.310 e. The third-order valence-electron chi connectivity index (χ3n) is 3.47. The summed E-state index contributed by atoms with van der Waals surface area (Å²) in [6.45, 7) is 9.43. The Hall–Kier alpha value is -1.61. The van der Waals surface area contributed by atoms with Crippen molar-refractivity contribution in [3.05, 3.63) is 41.2 Å². The van der Waals surface area contributed by atoms with Crippen LogP contribution in [0, 0.1) is 13.8 Å². The van der Waals surface area contributed by atoms with Crippen molar-refractivity contribution in [1.82, 2.24) is 15.1 Å². The van der Waals surface area contributed by atoms with E-state index in [4.69, 9.17) is 0 Å². The van der Waals surface area contributed by atoms with Crippen molar-refractivity contribution < 1.29 is 0 Å². The summed E-state index contributed by atoms with van der Waals surface area (Å²) in [7, 11) is 1.99. The summed E-state index contributed by atoms with van der Waals surface area (Å²) in [5, 5.41) is 7.90. The number of nitrogens with one attached hydrogen (secondary N) is 1. The van der Waals surface area contributed by atoms with Crippen LogP contribution in [0.15, 0.2) is 24.3 Å². The molecule has 3 nitrogen and oxygen atoms in total. The molecule has 0 spiro atoms. The third kappa shape index (κ3) is 3.04. The van der Waals surface area contributed by atoms with E-state index in [1.807, 2.05) is 11.7 Å². The van der Waals surface area contributed by atoms with E-state index in [-0.39, 0.29) is 0 Å². The van der Waals surface area contributed by atoms with E-state index in [0.29, 0.717) is 6.04 Å². The van der Waals surface area contributed by atoms with E-state index >= 15 is 0 Å². The number of hydrogen-bond donors (Lipinski definition) is 1. The van der Waals surface area contributed by atoms with Crippen molar-refractivity contribution >= 4 is 0 Å². The molecule has 0 saturated heterocycles. The number of rotatable bonds is 4. The fourth-order valence-electron chi connectivity index (χ4n) is 2.30. The van der Waals surface area contributed by atoms with Gasteiger partial charge in [-0.2, -0.15) is 5.10 Å². The van der Waals surface area contributed by atoms with Gasteiger partial charge in [0.15, 0.2) is 0 Å². The molecule has 1 aromatic heterocycles. The third-order valence-corrected chi connectivity index (χ3v) is 3.47. The maximum Gasteiger partial charge on any atom is 0.0674 e. The fourth-order valence-corrected chi connectivity index (χ4v) is 2.30. The first-order chi connectivity index (χ1) is 8.99. The molecule has 2 rings (SSSR count). The van der Waals surface area contributed by atoms with Crippen LogP contribution in [0.1, 0.15) is 30.8 Å². The van der Waals surface area contributed by atoms with Crippen LogP contribution in [-0.2, 0) is 13.6 Å². The summed E-state index contributed by atoms with van der Waals surface area (Å²) in [6, 6.07) is 9.28. The second-order valence-corrected chi connectivity index (χ2v) is 5.40. The minimum atomic E-state index is 0.516. The zero-order chi connectivity index (χ0) is 14.0. The Morgan fingerprint density at radius 2 is 1.79 bits per heavy atom. The minimum Gasteiger partial charge on any atom is -0.310 e. The summed E-state index contributed by atoms with van der Waals surface area (Å²) in [6.07, 6.45) is 0. The van der Waals surface area contributed by atoms with Gasteiger partial charge in [-0.1, -0.05) is 38.1 Å². The summed E-state index contributed by atoms with van der Waals surface area (Å²) < 4.78 is 1.94. The molecule has 1 heterocycles. The molecule has 0 bridgehead atoms. The average molecular weight is 257 g/mol. The molecule has 0 saturated carbocycles. The van der Waals surface area contributed by atoms with Crippen molar-refractivity contribution in [2.24, 2.45) is 7.05 Å². The quantitative estimate of drug-likeness (QED) is 0.911. The van der Waals surface area contributed by atoms with Crippen molar-refractivity contribution in [3.8, 4) is 11.1 Å². The number of hydrogen-bond acceptors (Lipinski definition) is 2. The molecule has 0 aliphatic rings. The summed E-state index contributed by atoms with van der Waals surface area (Å²) >= 11 is 0. The topological polar surface area (TPSA) is 29.9 Å². The van der Waals surface area contributed by atoms with Crippen LogP contribution in [-0.4, -0.2) is 15.8 Å². The van der Waals surface area contributed by atoms with E-state index in [0.717, 1.165) is 12.2 Å². The molecule has 1 aromatic carbocycles. The van der Waals surface area contributed by atoms with Crippen LogP contribution in [0.25, 0.3) is 11.1 Å². The molecule has 0 fully saturated rings. The van der Waals surface area contributed by atoms with E-state index in [2.05, 4.69) is 62.4 Å². The number of benzene rings is 1. The van der Waals surface area contributed by atoms with Gasteiger partial charge in [0.25, 0.3) is 0 Å². The average Bonchev–Trinajstić information content (AvgIpc) is 2.62. The van der Waals surface area contributed by atoms with Gasteiger partial charge in [-0.05, 0) is 25.0 Å². The molecule has 0 aliphatic carbocycles. The number of nitrogens with zero attached hydrogens (tertiary/aromatic N) is 2. The van der Waals surface area contributed by atoms with Crippen LogP contribution in [0.3, 0.4) is 0 Å². The van der Waals surface area contributed by atoms with Crippen LogP contribution in [0.2, 0.25) is 0 Å². The molecule has 0 unspecified atom stereocenters. The maximum atomic E-state index is 4.47. The van der Waals surface area contributed by atoms with Gasteiger partial charge in [-0.25, -0.2) is 0 Å². The zero-order valence-electron chi connectivity index (χ0n) is 12.5. The molecule has 102 valence electrons. The Kier molecular flexibility index (Phi) is 4.05. The second kappa shape index (κ2) is 5.57. The predicted octanol–water partition coefficient (Wildman–Crippen LogP) is 3.20. The summed E-state index contributed by atoms with van der Waals surface area (Å²) in [5.74, 6) is 0. The Bertz CT molecular complexity index is 550. The van der Waals surface area contributed by atoms with Crippen molar-refractivity contribution in [1.29, 1.82) is 0 Å². The number of aromatic nitrogens is 2. The molecule has 0 amide bonds. The van der Waals surface area contributed by atoms with Gasteiger partial charge in [-0.15, -0.1) is 0 Å². The zero-order valence-corrected chi connectivity index (χ0v) is 12.5. The molecule has 19 heavy (non-hydrogen) atoms. The van der Waals surface area contributed by atoms with E-state index in [1.54, 1.807) is 0 Å². The highest BCUT2D eigenvalue weighted by Gasteiger charge is 2.11. The number of aryl methyl sites for hydroxylation is 2. The van der Waals surface area contributed by atoms with Gasteiger partial charge in [0, 0.05) is 30.9 Å². The van der Waals surface area contributed by atoms with Crippen molar-refractivity contribution in [3.63, 3.8) is 0 Å². The fraction of sp³-hybridized carbons (Fsp3) is 0.438. The van der Waals surface area contributed by atoms with Gasteiger partial charge < -0.3 is 5.32 Å². The lowest BCUT2D eigenvalue weighted by Crippen LogP contribution is -2.21.